The quantitative estimate of drug-likeness (QED) is 0.568. The van der Waals surface area contributed by atoms with Gasteiger partial charge >= 0.3 is 12.2 Å². The molecular formula is C21H18F4N4O2. The van der Waals surface area contributed by atoms with Crippen LogP contribution in [0.4, 0.5) is 28.0 Å². The number of benzene rings is 2. The number of carbonyl (C=O) groups is 1. The van der Waals surface area contributed by atoms with Gasteiger partial charge in [0.25, 0.3) is 0 Å². The number of rotatable bonds is 3. The third-order valence-corrected chi connectivity index (χ3v) is 5.08. The van der Waals surface area contributed by atoms with Gasteiger partial charge in [-0.3, -0.25) is 0 Å². The molecule has 1 unspecified atom stereocenters. The minimum atomic E-state index is -4.57. The van der Waals surface area contributed by atoms with Crippen molar-refractivity contribution in [1.29, 1.82) is 0 Å². The van der Waals surface area contributed by atoms with Crippen LogP contribution in [-0.4, -0.2) is 34.2 Å². The maximum absolute atomic E-state index is 13.2. The van der Waals surface area contributed by atoms with E-state index in [1.54, 1.807) is 0 Å². The third kappa shape index (κ3) is 4.68. The van der Waals surface area contributed by atoms with Gasteiger partial charge in [-0.15, -0.1) is 0 Å². The molecule has 1 atom stereocenters. The molecule has 2 amide bonds. The summed E-state index contributed by atoms with van der Waals surface area (Å²) in [6.45, 7) is 0.626. The fourth-order valence-corrected chi connectivity index (χ4v) is 3.51. The molecule has 1 saturated heterocycles. The first-order valence-corrected chi connectivity index (χ1v) is 9.63. The van der Waals surface area contributed by atoms with E-state index in [1.165, 1.54) is 47.4 Å². The van der Waals surface area contributed by atoms with Crippen molar-refractivity contribution in [2.45, 2.75) is 24.9 Å². The summed E-state index contributed by atoms with van der Waals surface area (Å²) in [7, 11) is 0. The lowest BCUT2D eigenvalue weighted by molar-refractivity contribution is -0.136. The second-order valence-electron chi connectivity index (χ2n) is 7.22. The van der Waals surface area contributed by atoms with Gasteiger partial charge in [0.2, 0.25) is 11.7 Å². The van der Waals surface area contributed by atoms with E-state index in [9.17, 15) is 22.4 Å². The molecule has 2 aromatic carbocycles. The summed E-state index contributed by atoms with van der Waals surface area (Å²) < 4.78 is 58.0. The third-order valence-electron chi connectivity index (χ3n) is 5.08. The zero-order chi connectivity index (χ0) is 22.0. The number of carbonyl (C=O) groups excluding carboxylic acids is 1. The van der Waals surface area contributed by atoms with E-state index in [0.717, 1.165) is 6.07 Å². The second kappa shape index (κ2) is 8.37. The van der Waals surface area contributed by atoms with Gasteiger partial charge in [0.1, 0.15) is 5.82 Å². The van der Waals surface area contributed by atoms with E-state index in [4.69, 9.17) is 4.52 Å². The van der Waals surface area contributed by atoms with Crippen LogP contribution in [0.25, 0.3) is 11.4 Å². The van der Waals surface area contributed by atoms with Gasteiger partial charge in [-0.05, 0) is 49.2 Å². The summed E-state index contributed by atoms with van der Waals surface area (Å²) in [6, 6.07) is 9.85. The van der Waals surface area contributed by atoms with Crippen molar-refractivity contribution in [1.82, 2.24) is 15.0 Å². The highest BCUT2D eigenvalue weighted by Crippen LogP contribution is 2.35. The monoisotopic (exact) mass is 434 g/mol. The molecular weight excluding hydrogens is 416 g/mol. The Morgan fingerprint density at radius 1 is 1.13 bits per heavy atom. The van der Waals surface area contributed by atoms with Crippen molar-refractivity contribution >= 4 is 11.7 Å². The van der Waals surface area contributed by atoms with E-state index < -0.39 is 17.8 Å². The molecule has 0 bridgehead atoms. The van der Waals surface area contributed by atoms with Gasteiger partial charge in [0.05, 0.1) is 17.2 Å². The molecule has 0 saturated carbocycles. The molecule has 1 aliphatic rings. The number of nitrogens with one attached hydrogen (secondary N) is 1. The van der Waals surface area contributed by atoms with Crippen molar-refractivity contribution < 1.29 is 26.9 Å². The smallest absolute Gasteiger partial charge is 0.339 e. The molecule has 0 aliphatic carbocycles. The number of piperidine rings is 1. The number of alkyl halides is 3. The number of likely N-dealkylation sites (tertiary alicyclic amines) is 1. The number of anilines is 1. The molecule has 162 valence electrons. The Morgan fingerprint density at radius 3 is 2.61 bits per heavy atom. The van der Waals surface area contributed by atoms with Crippen LogP contribution in [0, 0.1) is 5.82 Å². The van der Waals surface area contributed by atoms with Gasteiger partial charge < -0.3 is 14.7 Å². The molecule has 1 N–H and O–H groups in total. The molecule has 0 spiro atoms. The molecule has 6 nitrogen and oxygen atoms in total. The number of para-hydroxylation sites is 1. The first-order chi connectivity index (χ1) is 14.8. The van der Waals surface area contributed by atoms with E-state index in [-0.39, 0.29) is 24.0 Å². The summed E-state index contributed by atoms with van der Waals surface area (Å²) in [5, 5.41) is 6.27. The lowest BCUT2D eigenvalue weighted by Crippen LogP contribution is -2.42. The van der Waals surface area contributed by atoms with E-state index in [1.807, 2.05) is 0 Å². The van der Waals surface area contributed by atoms with E-state index in [2.05, 4.69) is 15.5 Å². The lowest BCUT2D eigenvalue weighted by Gasteiger charge is -2.31. The van der Waals surface area contributed by atoms with Crippen LogP contribution < -0.4 is 5.32 Å². The van der Waals surface area contributed by atoms with Gasteiger partial charge in [-0.2, -0.15) is 18.2 Å². The normalized spacial score (nSPS) is 16.9. The Labute approximate surface area is 174 Å². The van der Waals surface area contributed by atoms with Crippen molar-refractivity contribution in [2.75, 3.05) is 18.4 Å². The number of amides is 2. The first kappa shape index (κ1) is 20.8. The Balaban J connectivity index is 1.46. The SMILES string of the molecule is O=C(Nc1ccccc1C(F)(F)F)N1CCCC(c2nc(-c3ccc(F)cc3)no2)C1. The summed E-state index contributed by atoms with van der Waals surface area (Å²) in [6.07, 6.45) is -3.25. The summed E-state index contributed by atoms with van der Waals surface area (Å²) in [4.78, 5) is 18.4. The minimum absolute atomic E-state index is 0.227. The van der Waals surface area contributed by atoms with Crippen LogP contribution in [-0.2, 0) is 6.18 Å². The molecule has 0 radical (unpaired) electrons. The van der Waals surface area contributed by atoms with Gasteiger partial charge in [-0.25, -0.2) is 9.18 Å². The topological polar surface area (TPSA) is 71.3 Å². The zero-order valence-electron chi connectivity index (χ0n) is 16.2. The molecule has 3 aromatic rings. The van der Waals surface area contributed by atoms with E-state index in [0.29, 0.717) is 36.7 Å². The largest absolute Gasteiger partial charge is 0.418 e. The lowest BCUT2D eigenvalue weighted by atomic mass is 9.98. The number of hydrogen-bond acceptors (Lipinski definition) is 4. The number of hydrogen-bond donors (Lipinski definition) is 1. The van der Waals surface area contributed by atoms with Crippen LogP contribution in [0.2, 0.25) is 0 Å². The number of halogens is 4. The molecule has 4 rings (SSSR count). The molecule has 2 heterocycles. The predicted molar refractivity (Wildman–Crippen MR) is 104 cm³/mol. The Bertz CT molecular complexity index is 1070. The van der Waals surface area contributed by atoms with Crippen LogP contribution in [0.3, 0.4) is 0 Å². The van der Waals surface area contributed by atoms with Crippen molar-refractivity contribution in [3.05, 3.63) is 65.8 Å². The van der Waals surface area contributed by atoms with Crippen molar-refractivity contribution in [2.24, 2.45) is 0 Å². The van der Waals surface area contributed by atoms with Gasteiger partial charge in [0, 0.05) is 18.7 Å². The predicted octanol–water partition coefficient (Wildman–Crippen LogP) is 5.31. The Hall–Kier alpha value is -3.43. The van der Waals surface area contributed by atoms with Gasteiger partial charge in [0.15, 0.2) is 0 Å². The average Bonchev–Trinajstić information content (AvgIpc) is 3.24. The Kier molecular flexibility index (Phi) is 5.62. The van der Waals surface area contributed by atoms with E-state index >= 15 is 0 Å². The summed E-state index contributed by atoms with van der Waals surface area (Å²) >= 11 is 0. The average molecular weight is 434 g/mol. The zero-order valence-corrected chi connectivity index (χ0v) is 16.2. The second-order valence-corrected chi connectivity index (χ2v) is 7.22. The summed E-state index contributed by atoms with van der Waals surface area (Å²) in [5.41, 5.74) is -0.609. The van der Waals surface area contributed by atoms with Crippen molar-refractivity contribution in [3.63, 3.8) is 0 Å². The number of urea groups is 1. The highest BCUT2D eigenvalue weighted by Gasteiger charge is 2.34. The maximum Gasteiger partial charge on any atom is 0.418 e. The Morgan fingerprint density at radius 2 is 1.87 bits per heavy atom. The molecule has 1 fully saturated rings. The molecule has 31 heavy (non-hydrogen) atoms. The number of aromatic nitrogens is 2. The van der Waals surface area contributed by atoms with Crippen LogP contribution in [0.5, 0.6) is 0 Å². The fraction of sp³-hybridized carbons (Fsp3) is 0.286. The van der Waals surface area contributed by atoms with Crippen molar-refractivity contribution in [3.8, 4) is 11.4 Å². The summed E-state index contributed by atoms with van der Waals surface area (Å²) in [5.74, 6) is -0.00393. The molecule has 1 aliphatic heterocycles. The maximum atomic E-state index is 13.2. The van der Waals surface area contributed by atoms with Gasteiger partial charge in [-0.1, -0.05) is 17.3 Å². The number of nitrogens with zero attached hydrogens (tertiary/aromatic N) is 3. The van der Waals surface area contributed by atoms with Crippen LogP contribution >= 0.6 is 0 Å². The molecule has 1 aromatic heterocycles. The molecule has 10 heteroatoms. The highest BCUT2D eigenvalue weighted by molar-refractivity contribution is 5.90. The minimum Gasteiger partial charge on any atom is -0.339 e. The fourth-order valence-electron chi connectivity index (χ4n) is 3.51. The van der Waals surface area contributed by atoms with Crippen LogP contribution in [0.15, 0.2) is 53.1 Å². The highest BCUT2D eigenvalue weighted by atomic mass is 19.4. The first-order valence-electron chi connectivity index (χ1n) is 9.63. The standard InChI is InChI=1S/C21H18F4N4O2/c22-15-9-7-13(8-10-15)18-27-19(31-28-18)14-4-3-11-29(12-14)20(30)26-17-6-2-1-5-16(17)21(23,24)25/h1-2,5-10,14H,3-4,11-12H2,(H,26,30). The van der Waals surface area contributed by atoms with Crippen LogP contribution in [0.1, 0.15) is 30.2 Å².